The van der Waals surface area contributed by atoms with Crippen LogP contribution in [0.15, 0.2) is 48.5 Å². The van der Waals surface area contributed by atoms with Crippen LogP contribution >= 0.6 is 0 Å². The molecule has 12 heteroatoms. The number of nitrogens with zero attached hydrogens (tertiary/aromatic N) is 2. The molecule has 2 aromatic carbocycles. The molecule has 0 fully saturated rings. The molecule has 0 spiro atoms. The Morgan fingerprint density at radius 3 is 2.67 bits per heavy atom. The van der Waals surface area contributed by atoms with Crippen molar-refractivity contribution in [1.82, 2.24) is 20.4 Å². The molecule has 1 aliphatic heterocycles. The molecule has 2 aliphatic rings. The number of hydrogen-bond acceptors (Lipinski definition) is 8. The first-order chi connectivity index (χ1) is 20.1. The van der Waals surface area contributed by atoms with E-state index in [1.54, 1.807) is 22.9 Å². The van der Waals surface area contributed by atoms with Crippen molar-refractivity contribution in [3.63, 3.8) is 0 Å². The largest absolute Gasteiger partial charge is 0.493 e. The van der Waals surface area contributed by atoms with Crippen LogP contribution < -0.4 is 32.6 Å². The third-order valence-electron chi connectivity index (χ3n) is 8.05. The lowest BCUT2D eigenvalue weighted by Gasteiger charge is -2.42. The number of alkyl carbamates (subject to hydrolysis) is 1. The van der Waals surface area contributed by atoms with Crippen molar-refractivity contribution in [2.24, 2.45) is 23.1 Å². The maximum absolute atomic E-state index is 13.6. The molecule has 2 heterocycles. The topological polar surface area (TPSA) is 190 Å². The van der Waals surface area contributed by atoms with E-state index >= 15 is 0 Å². The summed E-state index contributed by atoms with van der Waals surface area (Å²) < 4.78 is 13.1. The summed E-state index contributed by atoms with van der Waals surface area (Å²) >= 11 is 0. The summed E-state index contributed by atoms with van der Waals surface area (Å²) in [5, 5.41) is 10.1. The van der Waals surface area contributed by atoms with Gasteiger partial charge in [0.15, 0.2) is 0 Å². The number of hydrogen-bond donors (Lipinski definition) is 5. The van der Waals surface area contributed by atoms with Gasteiger partial charge >= 0.3 is 6.09 Å². The molecule has 0 unspecified atom stereocenters. The fraction of sp³-hybridized carbons (Fsp3) is 0.400. The average Bonchev–Trinajstić information content (AvgIpc) is 3.47. The molecule has 1 aliphatic carbocycles. The highest BCUT2D eigenvalue weighted by atomic mass is 16.5. The van der Waals surface area contributed by atoms with E-state index in [9.17, 15) is 14.4 Å². The maximum atomic E-state index is 13.6. The van der Waals surface area contributed by atoms with Crippen molar-refractivity contribution < 1.29 is 23.9 Å². The second-order valence-corrected chi connectivity index (χ2v) is 10.9. The van der Waals surface area contributed by atoms with E-state index in [-0.39, 0.29) is 24.7 Å². The predicted octanol–water partition coefficient (Wildman–Crippen LogP) is 2.21. The number of amides is 3. The maximum Gasteiger partial charge on any atom is 0.407 e. The molecule has 42 heavy (non-hydrogen) atoms. The smallest absolute Gasteiger partial charge is 0.407 e. The molecule has 0 radical (unpaired) electrons. The van der Waals surface area contributed by atoms with Crippen LogP contribution in [0.3, 0.4) is 0 Å². The Morgan fingerprint density at radius 2 is 1.95 bits per heavy atom. The minimum Gasteiger partial charge on any atom is -0.493 e. The van der Waals surface area contributed by atoms with Gasteiger partial charge in [0.25, 0.3) is 5.91 Å². The molecule has 0 saturated heterocycles. The predicted molar refractivity (Wildman–Crippen MR) is 155 cm³/mol. The molecule has 0 bridgehead atoms. The fourth-order valence-electron chi connectivity index (χ4n) is 6.08. The number of benzene rings is 2. The van der Waals surface area contributed by atoms with E-state index in [1.165, 1.54) is 0 Å². The third-order valence-corrected chi connectivity index (χ3v) is 8.05. The van der Waals surface area contributed by atoms with Crippen LogP contribution in [0.4, 0.5) is 4.79 Å². The number of carbonyl (C=O) groups is 3. The van der Waals surface area contributed by atoms with Crippen molar-refractivity contribution in [3.8, 4) is 5.75 Å². The first-order valence-electron chi connectivity index (χ1n) is 14.1. The van der Waals surface area contributed by atoms with Gasteiger partial charge in [-0.05, 0) is 56.0 Å². The van der Waals surface area contributed by atoms with Gasteiger partial charge in [0.2, 0.25) is 5.91 Å². The number of aryl methyl sites for hydroxylation is 2. The van der Waals surface area contributed by atoms with Crippen LogP contribution in [0.2, 0.25) is 0 Å². The van der Waals surface area contributed by atoms with E-state index in [4.69, 9.17) is 26.7 Å². The Bertz CT molecular complexity index is 1490. The normalized spacial score (nSPS) is 22.1. The summed E-state index contributed by atoms with van der Waals surface area (Å²) in [4.78, 5) is 37.8. The van der Waals surface area contributed by atoms with Gasteiger partial charge in [-0.2, -0.15) is 5.10 Å². The lowest BCUT2D eigenvalue weighted by molar-refractivity contribution is 0.0766. The van der Waals surface area contributed by atoms with Gasteiger partial charge in [0.05, 0.1) is 24.9 Å². The molecule has 12 nitrogen and oxygen atoms in total. The summed E-state index contributed by atoms with van der Waals surface area (Å²) in [5.74, 6) is -1.13. The van der Waals surface area contributed by atoms with E-state index in [2.05, 4.69) is 15.7 Å². The van der Waals surface area contributed by atoms with Gasteiger partial charge < -0.3 is 37.3 Å². The standard InChI is InChI=1S/C30H37N7O5/c1-3-37-22(12-17(2)36-37)28(39)35-30(33)25-19(10-7-11-41-29(40)34-15-18-8-5-4-6-9-18)16-42-23-14-20(27(32)38)13-21(24(23)25)26(30)31/h4-6,8-9,12-14,19,25-26H,3,7,10-11,15-16,31,33H2,1-2H3,(H2,32,38)(H,34,40)(H,35,39)/t19-,25+,26+,30-/m1/s1. The van der Waals surface area contributed by atoms with Crippen molar-refractivity contribution in [1.29, 1.82) is 0 Å². The Labute approximate surface area is 243 Å². The highest BCUT2D eigenvalue weighted by molar-refractivity contribution is 5.95. The monoisotopic (exact) mass is 575 g/mol. The van der Waals surface area contributed by atoms with E-state index in [0.29, 0.717) is 48.6 Å². The van der Waals surface area contributed by atoms with Gasteiger partial charge in [0.1, 0.15) is 17.1 Å². The van der Waals surface area contributed by atoms with Gasteiger partial charge in [-0.1, -0.05) is 30.3 Å². The molecule has 0 saturated carbocycles. The summed E-state index contributed by atoms with van der Waals surface area (Å²) in [5.41, 5.74) is 21.7. The van der Waals surface area contributed by atoms with Crippen LogP contribution in [0, 0.1) is 12.8 Å². The second-order valence-electron chi connectivity index (χ2n) is 10.9. The number of nitrogens with two attached hydrogens (primary N) is 3. The molecule has 1 aromatic heterocycles. The van der Waals surface area contributed by atoms with Gasteiger partial charge in [0, 0.05) is 36.1 Å². The molecular weight excluding hydrogens is 538 g/mol. The van der Waals surface area contributed by atoms with Gasteiger partial charge in [-0.15, -0.1) is 0 Å². The zero-order chi connectivity index (χ0) is 30.0. The van der Waals surface area contributed by atoms with E-state index in [0.717, 1.165) is 11.1 Å². The minimum atomic E-state index is -1.40. The molecule has 222 valence electrons. The number of nitrogens with one attached hydrogen (secondary N) is 2. The Morgan fingerprint density at radius 1 is 1.19 bits per heavy atom. The highest BCUT2D eigenvalue weighted by Crippen LogP contribution is 2.55. The molecule has 3 amide bonds. The van der Waals surface area contributed by atoms with Crippen LogP contribution in [-0.4, -0.2) is 46.6 Å². The SMILES string of the molecule is CCn1nc(C)cc1C(=O)N[C@]1(N)[C@@H]2c3c(cc(C(N)=O)cc3[C@@H]1N)OC[C@H]2CCCOC(=O)NCc1ccccc1. The molecule has 8 N–H and O–H groups in total. The molecule has 4 atom stereocenters. The lowest BCUT2D eigenvalue weighted by Crippen LogP contribution is -2.64. The zero-order valence-corrected chi connectivity index (χ0v) is 23.8. The third kappa shape index (κ3) is 5.55. The van der Waals surface area contributed by atoms with Crippen LogP contribution in [0.5, 0.6) is 5.75 Å². The molecule has 3 aromatic rings. The van der Waals surface area contributed by atoms with Crippen LogP contribution in [-0.2, 0) is 17.8 Å². The first kappa shape index (κ1) is 29.1. The van der Waals surface area contributed by atoms with E-state index < -0.39 is 35.5 Å². The lowest BCUT2D eigenvalue weighted by atomic mass is 9.77. The van der Waals surface area contributed by atoms with Crippen molar-refractivity contribution in [2.75, 3.05) is 13.2 Å². The van der Waals surface area contributed by atoms with Gasteiger partial charge in [-0.25, -0.2) is 4.79 Å². The second kappa shape index (κ2) is 11.8. The first-order valence-corrected chi connectivity index (χ1v) is 14.1. The van der Waals surface area contributed by atoms with Crippen LogP contribution in [0.25, 0.3) is 0 Å². The molecule has 5 rings (SSSR count). The number of primary amides is 1. The van der Waals surface area contributed by atoms with E-state index in [1.807, 2.05) is 44.2 Å². The summed E-state index contributed by atoms with van der Waals surface area (Å²) in [6.07, 6.45) is 0.617. The quantitative estimate of drug-likeness (QED) is 0.180. The zero-order valence-electron chi connectivity index (χ0n) is 23.8. The highest BCUT2D eigenvalue weighted by Gasteiger charge is 2.56. The minimum absolute atomic E-state index is 0.164. The molecular formula is C30H37N7O5. The van der Waals surface area contributed by atoms with Crippen LogP contribution in [0.1, 0.15) is 75.0 Å². The number of aromatic nitrogens is 2. The number of carbonyl (C=O) groups excluding carboxylic acids is 3. The Hall–Kier alpha value is -4.42. The van der Waals surface area contributed by atoms with Crippen molar-refractivity contribution in [3.05, 3.63) is 82.2 Å². The Kier molecular flexibility index (Phi) is 8.19. The van der Waals surface area contributed by atoms with Gasteiger partial charge in [-0.3, -0.25) is 14.3 Å². The summed E-state index contributed by atoms with van der Waals surface area (Å²) in [6, 6.07) is 13.6. The number of rotatable bonds is 10. The summed E-state index contributed by atoms with van der Waals surface area (Å²) in [7, 11) is 0. The summed E-state index contributed by atoms with van der Waals surface area (Å²) in [6.45, 7) is 5.05. The van der Waals surface area contributed by atoms with Crippen molar-refractivity contribution in [2.45, 2.75) is 57.4 Å². The Balaban J connectivity index is 1.33. The van der Waals surface area contributed by atoms with Crippen molar-refractivity contribution >= 4 is 17.9 Å². The average molecular weight is 576 g/mol. The number of ether oxygens (including phenoxy) is 2. The fourth-order valence-corrected chi connectivity index (χ4v) is 6.08.